The second-order valence-electron chi connectivity index (χ2n) is 5.45. The maximum Gasteiger partial charge on any atom is 0.309 e. The van der Waals surface area contributed by atoms with Gasteiger partial charge in [-0.2, -0.15) is 0 Å². The van der Waals surface area contributed by atoms with Crippen LogP contribution in [-0.2, 0) is 9.59 Å². The van der Waals surface area contributed by atoms with Crippen LogP contribution in [0.4, 0.5) is 0 Å². The molecule has 17 heavy (non-hydrogen) atoms. The second-order valence-corrected chi connectivity index (χ2v) is 5.45. The zero-order valence-corrected chi connectivity index (χ0v) is 11.0. The third-order valence-electron chi connectivity index (χ3n) is 2.46. The van der Waals surface area contributed by atoms with E-state index in [4.69, 9.17) is 5.11 Å². The molecule has 1 atom stereocenters. The first-order chi connectivity index (χ1) is 7.65. The molecule has 0 aliphatic rings. The van der Waals surface area contributed by atoms with Gasteiger partial charge in [-0.15, -0.1) is 0 Å². The number of carboxylic acids is 1. The number of hydrogen-bond donors (Lipinski definition) is 3. The van der Waals surface area contributed by atoms with Gasteiger partial charge in [-0.25, -0.2) is 0 Å². The zero-order valence-electron chi connectivity index (χ0n) is 11.0. The van der Waals surface area contributed by atoms with E-state index in [-0.39, 0.29) is 18.9 Å². The minimum atomic E-state index is -1.08. The fourth-order valence-electron chi connectivity index (χ4n) is 1.40. The van der Waals surface area contributed by atoms with Crippen LogP contribution in [0.25, 0.3) is 0 Å². The van der Waals surface area contributed by atoms with Gasteiger partial charge in [0, 0.05) is 13.0 Å². The molecule has 0 fully saturated rings. The molecule has 1 unspecified atom stereocenters. The molecule has 0 radical (unpaired) electrons. The van der Waals surface area contributed by atoms with E-state index >= 15 is 0 Å². The molecule has 5 nitrogen and oxygen atoms in total. The van der Waals surface area contributed by atoms with E-state index in [1.165, 1.54) is 13.8 Å². The van der Waals surface area contributed by atoms with Crippen LogP contribution in [-0.4, -0.2) is 34.7 Å². The van der Waals surface area contributed by atoms with E-state index in [9.17, 15) is 14.7 Å². The minimum Gasteiger partial charge on any atom is -0.481 e. The first kappa shape index (κ1) is 15.9. The van der Waals surface area contributed by atoms with Crippen LogP contribution in [0, 0.1) is 11.3 Å². The third-order valence-corrected chi connectivity index (χ3v) is 2.46. The molecular formula is C12H23NO4. The van der Waals surface area contributed by atoms with Crippen molar-refractivity contribution in [2.45, 2.75) is 46.6 Å². The molecule has 0 aliphatic heterocycles. The van der Waals surface area contributed by atoms with Crippen molar-refractivity contribution in [3.05, 3.63) is 0 Å². The maximum atomic E-state index is 11.5. The van der Waals surface area contributed by atoms with Crippen molar-refractivity contribution < 1.29 is 19.8 Å². The fraction of sp³-hybridized carbons (Fsp3) is 0.833. The molecular weight excluding hydrogens is 222 g/mol. The van der Waals surface area contributed by atoms with Gasteiger partial charge >= 0.3 is 5.97 Å². The van der Waals surface area contributed by atoms with Crippen LogP contribution in [0.2, 0.25) is 0 Å². The highest BCUT2D eigenvalue weighted by Gasteiger charge is 2.30. The average Bonchev–Trinajstić information content (AvgIpc) is 2.12. The number of carboxylic acid groups (broad SMARTS) is 1. The molecule has 0 bridgehead atoms. The van der Waals surface area contributed by atoms with Crippen molar-refractivity contribution in [3.63, 3.8) is 0 Å². The molecule has 0 saturated heterocycles. The van der Waals surface area contributed by atoms with Crippen LogP contribution in [0.3, 0.4) is 0 Å². The molecule has 0 aromatic carbocycles. The quantitative estimate of drug-likeness (QED) is 0.624. The van der Waals surface area contributed by atoms with Gasteiger partial charge in [0.05, 0.1) is 11.5 Å². The first-order valence-electron chi connectivity index (χ1n) is 5.83. The number of aliphatic carboxylic acids is 1. The molecule has 1 amide bonds. The fourth-order valence-corrected chi connectivity index (χ4v) is 1.40. The Hall–Kier alpha value is -1.10. The average molecular weight is 245 g/mol. The number of aliphatic hydroxyl groups is 1. The lowest BCUT2D eigenvalue weighted by Crippen LogP contribution is -2.37. The van der Waals surface area contributed by atoms with E-state index in [0.29, 0.717) is 12.3 Å². The van der Waals surface area contributed by atoms with E-state index in [0.717, 1.165) is 0 Å². The topological polar surface area (TPSA) is 86.6 Å². The van der Waals surface area contributed by atoms with Crippen molar-refractivity contribution >= 4 is 11.9 Å². The van der Waals surface area contributed by atoms with Crippen molar-refractivity contribution in [1.29, 1.82) is 0 Å². The van der Waals surface area contributed by atoms with Crippen LogP contribution in [0.5, 0.6) is 0 Å². The Bertz CT molecular complexity index is 274. The standard InChI is InChI=1S/C12H23NO4/c1-8(2)5-9(14)7-13-10(15)6-12(3,4)11(16)17/h8-9,14H,5-7H2,1-4H3,(H,13,15)(H,16,17). The van der Waals surface area contributed by atoms with Crippen LogP contribution in [0.15, 0.2) is 0 Å². The van der Waals surface area contributed by atoms with E-state index in [1.54, 1.807) is 0 Å². The maximum absolute atomic E-state index is 11.5. The van der Waals surface area contributed by atoms with Gasteiger partial charge in [0.25, 0.3) is 0 Å². The Balaban J connectivity index is 4.00. The van der Waals surface area contributed by atoms with Crippen molar-refractivity contribution in [1.82, 2.24) is 5.32 Å². The van der Waals surface area contributed by atoms with Gasteiger partial charge in [0.1, 0.15) is 0 Å². The highest BCUT2D eigenvalue weighted by Crippen LogP contribution is 2.19. The molecule has 0 aromatic rings. The predicted molar refractivity (Wildman–Crippen MR) is 64.5 cm³/mol. The number of rotatable bonds is 7. The summed E-state index contributed by atoms with van der Waals surface area (Å²) in [5.41, 5.74) is -1.08. The molecule has 0 saturated carbocycles. The van der Waals surface area contributed by atoms with Gasteiger partial charge in [0.15, 0.2) is 0 Å². The molecule has 100 valence electrons. The van der Waals surface area contributed by atoms with E-state index in [1.807, 2.05) is 13.8 Å². The summed E-state index contributed by atoms with van der Waals surface area (Å²) in [6.07, 6.45) is -0.0498. The lowest BCUT2D eigenvalue weighted by atomic mass is 9.89. The summed E-state index contributed by atoms with van der Waals surface area (Å²) in [5, 5.41) is 20.9. The van der Waals surface area contributed by atoms with Crippen LogP contribution < -0.4 is 5.32 Å². The van der Waals surface area contributed by atoms with E-state index < -0.39 is 17.5 Å². The van der Waals surface area contributed by atoms with Crippen molar-refractivity contribution in [2.75, 3.05) is 6.54 Å². The van der Waals surface area contributed by atoms with Crippen LogP contribution in [0.1, 0.15) is 40.5 Å². The van der Waals surface area contributed by atoms with E-state index in [2.05, 4.69) is 5.32 Å². The highest BCUT2D eigenvalue weighted by atomic mass is 16.4. The molecule has 0 rings (SSSR count). The third kappa shape index (κ3) is 6.94. The van der Waals surface area contributed by atoms with Gasteiger partial charge in [0.2, 0.25) is 5.91 Å². The van der Waals surface area contributed by atoms with Gasteiger partial charge in [-0.1, -0.05) is 13.8 Å². The predicted octanol–water partition coefficient (Wildman–Crippen LogP) is 1.01. The summed E-state index contributed by atoms with van der Waals surface area (Å²) in [6, 6.07) is 0. The zero-order chi connectivity index (χ0) is 13.6. The number of carbonyl (C=O) groups excluding carboxylic acids is 1. The Morgan fingerprint density at radius 3 is 2.24 bits per heavy atom. The lowest BCUT2D eigenvalue weighted by molar-refractivity contribution is -0.149. The summed E-state index contributed by atoms with van der Waals surface area (Å²) in [7, 11) is 0. The SMILES string of the molecule is CC(C)CC(O)CNC(=O)CC(C)(C)C(=O)O. The summed E-state index contributed by atoms with van der Waals surface area (Å²) >= 11 is 0. The molecule has 0 heterocycles. The summed E-state index contributed by atoms with van der Waals surface area (Å²) in [6.45, 7) is 7.14. The summed E-state index contributed by atoms with van der Waals surface area (Å²) < 4.78 is 0. The molecule has 5 heteroatoms. The van der Waals surface area contributed by atoms with Crippen molar-refractivity contribution in [2.24, 2.45) is 11.3 Å². The normalized spacial score (nSPS) is 13.5. The van der Waals surface area contributed by atoms with Gasteiger partial charge < -0.3 is 15.5 Å². The highest BCUT2D eigenvalue weighted by molar-refractivity contribution is 5.84. The molecule has 0 aliphatic carbocycles. The number of aliphatic hydroxyl groups excluding tert-OH is 1. The number of carbonyl (C=O) groups is 2. The second kappa shape index (κ2) is 6.59. The molecule has 3 N–H and O–H groups in total. The Morgan fingerprint density at radius 2 is 1.82 bits per heavy atom. The Morgan fingerprint density at radius 1 is 1.29 bits per heavy atom. The number of nitrogens with one attached hydrogen (secondary N) is 1. The van der Waals surface area contributed by atoms with Crippen molar-refractivity contribution in [3.8, 4) is 0 Å². The Labute approximate surface area is 102 Å². The first-order valence-corrected chi connectivity index (χ1v) is 5.83. The largest absolute Gasteiger partial charge is 0.481 e. The van der Waals surface area contributed by atoms with Crippen LogP contribution >= 0.6 is 0 Å². The summed E-state index contributed by atoms with van der Waals surface area (Å²) in [5.74, 6) is -0.993. The minimum absolute atomic E-state index is 0.0866. The Kier molecular flexibility index (Phi) is 6.16. The number of hydrogen-bond acceptors (Lipinski definition) is 3. The lowest BCUT2D eigenvalue weighted by Gasteiger charge is -2.19. The monoisotopic (exact) mass is 245 g/mol. The molecule has 0 spiro atoms. The molecule has 0 aromatic heterocycles. The smallest absolute Gasteiger partial charge is 0.309 e. The van der Waals surface area contributed by atoms with Gasteiger partial charge in [-0.05, 0) is 26.2 Å². The summed E-state index contributed by atoms with van der Waals surface area (Å²) in [4.78, 5) is 22.3. The number of amides is 1. The van der Waals surface area contributed by atoms with Gasteiger partial charge in [-0.3, -0.25) is 9.59 Å².